The number of halogens is 1. The lowest BCUT2D eigenvalue weighted by atomic mass is 9.89. The zero-order chi connectivity index (χ0) is 19.2. The van der Waals surface area contributed by atoms with Gasteiger partial charge in [-0.2, -0.15) is 0 Å². The van der Waals surface area contributed by atoms with Crippen molar-refractivity contribution in [1.29, 1.82) is 0 Å². The highest BCUT2D eigenvalue weighted by Gasteiger charge is 2.28. The summed E-state index contributed by atoms with van der Waals surface area (Å²) in [6.45, 7) is 1.24. The van der Waals surface area contributed by atoms with Gasteiger partial charge in [-0.25, -0.2) is 0 Å². The maximum atomic E-state index is 12.7. The van der Waals surface area contributed by atoms with Crippen LogP contribution in [0.15, 0.2) is 53.4 Å². The molecule has 0 spiro atoms. The molecule has 3 rings (SSSR count). The number of hydrogen-bond acceptors (Lipinski definition) is 4. The van der Waals surface area contributed by atoms with Gasteiger partial charge >= 0.3 is 0 Å². The van der Waals surface area contributed by atoms with Crippen molar-refractivity contribution in [2.45, 2.75) is 17.7 Å². The van der Waals surface area contributed by atoms with Crippen LogP contribution in [0.1, 0.15) is 23.2 Å². The first-order valence-electron chi connectivity index (χ1n) is 8.92. The van der Waals surface area contributed by atoms with Crippen LogP contribution in [0.4, 0.5) is 0 Å². The maximum Gasteiger partial charge on any atom is 0.232 e. The smallest absolute Gasteiger partial charge is 0.232 e. The van der Waals surface area contributed by atoms with Gasteiger partial charge in [0.25, 0.3) is 0 Å². The third-order valence-corrected chi connectivity index (χ3v) is 6.28. The number of Topliss-reactive ketones (excluding diaryl/α,β-unsaturated/α-hetero) is 1. The number of piperidine rings is 1. The summed E-state index contributed by atoms with van der Waals surface area (Å²) in [5.74, 6) is 1.31. The van der Waals surface area contributed by atoms with E-state index in [-0.39, 0.29) is 17.6 Å². The Labute approximate surface area is 168 Å². The molecule has 2 aromatic rings. The summed E-state index contributed by atoms with van der Waals surface area (Å²) >= 11 is 7.59. The Balaban J connectivity index is 1.49. The lowest BCUT2D eigenvalue weighted by Gasteiger charge is -2.31. The van der Waals surface area contributed by atoms with E-state index in [0.29, 0.717) is 42.3 Å². The highest BCUT2D eigenvalue weighted by atomic mass is 35.5. The van der Waals surface area contributed by atoms with Gasteiger partial charge < -0.3 is 9.64 Å². The summed E-state index contributed by atoms with van der Waals surface area (Å²) in [5, 5.41) is 0.666. The topological polar surface area (TPSA) is 46.6 Å². The van der Waals surface area contributed by atoms with Gasteiger partial charge in [-0.05, 0) is 49.2 Å². The summed E-state index contributed by atoms with van der Waals surface area (Å²) in [6.07, 6.45) is 1.40. The molecule has 0 aromatic heterocycles. The second-order valence-corrected chi connectivity index (χ2v) is 7.89. The van der Waals surface area contributed by atoms with Crippen molar-refractivity contribution in [1.82, 2.24) is 4.90 Å². The first-order valence-corrected chi connectivity index (χ1v) is 10.3. The Bertz CT molecular complexity index is 801. The third kappa shape index (κ3) is 5.05. The lowest BCUT2D eigenvalue weighted by Crippen LogP contribution is -2.41. The zero-order valence-corrected chi connectivity index (χ0v) is 16.8. The van der Waals surface area contributed by atoms with Gasteiger partial charge in [0.15, 0.2) is 5.78 Å². The Morgan fingerprint density at radius 2 is 1.78 bits per heavy atom. The third-order valence-electron chi connectivity index (χ3n) is 4.78. The number of likely N-dealkylation sites (tertiary alicyclic amines) is 1. The quantitative estimate of drug-likeness (QED) is 0.524. The molecule has 1 fully saturated rings. The predicted octanol–water partition coefficient (Wildman–Crippen LogP) is 4.56. The summed E-state index contributed by atoms with van der Waals surface area (Å²) < 4.78 is 5.13. The first-order chi connectivity index (χ1) is 13.1. The number of carbonyl (C=O) groups is 2. The van der Waals surface area contributed by atoms with Gasteiger partial charge in [0.2, 0.25) is 5.91 Å². The number of methoxy groups -OCH3 is 1. The van der Waals surface area contributed by atoms with Gasteiger partial charge in [-0.3, -0.25) is 9.59 Å². The molecule has 0 unspecified atom stereocenters. The molecule has 0 saturated carbocycles. The number of hydrogen-bond donors (Lipinski definition) is 0. The fourth-order valence-corrected chi connectivity index (χ4v) is 4.32. The Hall–Kier alpha value is -1.98. The van der Waals surface area contributed by atoms with E-state index in [9.17, 15) is 9.59 Å². The van der Waals surface area contributed by atoms with Gasteiger partial charge in [0, 0.05) is 29.5 Å². The summed E-state index contributed by atoms with van der Waals surface area (Å²) in [7, 11) is 1.60. The molecule has 1 saturated heterocycles. The molecule has 0 N–H and O–H groups in total. The normalized spacial score (nSPS) is 14.8. The molecule has 1 aliphatic rings. The summed E-state index contributed by atoms with van der Waals surface area (Å²) in [5.41, 5.74) is 0.704. The molecule has 1 aliphatic heterocycles. The molecule has 0 radical (unpaired) electrons. The van der Waals surface area contributed by atoms with Crippen LogP contribution in [0, 0.1) is 5.92 Å². The van der Waals surface area contributed by atoms with E-state index in [2.05, 4.69) is 0 Å². The molecular formula is C21H22ClNO3S. The van der Waals surface area contributed by atoms with Crippen molar-refractivity contribution >= 4 is 35.1 Å². The van der Waals surface area contributed by atoms with E-state index in [4.69, 9.17) is 16.3 Å². The molecule has 1 amide bonds. The minimum absolute atomic E-state index is 0.0290. The van der Waals surface area contributed by atoms with E-state index >= 15 is 0 Å². The molecule has 6 heteroatoms. The number of amides is 1. The zero-order valence-electron chi connectivity index (χ0n) is 15.2. The number of rotatable bonds is 6. The number of ketones is 1. The summed E-state index contributed by atoms with van der Waals surface area (Å²) in [6, 6.07) is 14.7. The van der Waals surface area contributed by atoms with Crippen LogP contribution in [-0.4, -0.2) is 42.5 Å². The predicted molar refractivity (Wildman–Crippen MR) is 109 cm³/mol. The van der Waals surface area contributed by atoms with Crippen molar-refractivity contribution in [3.63, 3.8) is 0 Å². The van der Waals surface area contributed by atoms with Crippen molar-refractivity contribution in [3.05, 3.63) is 59.1 Å². The molecule has 0 bridgehead atoms. The number of nitrogens with zero attached hydrogens (tertiary/aromatic N) is 1. The second-order valence-electron chi connectivity index (χ2n) is 6.47. The first kappa shape index (κ1) is 19.8. The highest BCUT2D eigenvalue weighted by molar-refractivity contribution is 8.00. The number of benzene rings is 2. The Morgan fingerprint density at radius 1 is 1.11 bits per heavy atom. The second kappa shape index (κ2) is 9.29. The largest absolute Gasteiger partial charge is 0.497 e. The number of thioether (sulfide) groups is 1. The molecule has 4 nitrogen and oxygen atoms in total. The average Bonchev–Trinajstić information content (AvgIpc) is 2.72. The SMILES string of the molecule is COc1ccc(C(=O)C2CCN(C(=O)CSc3ccccc3Cl)CC2)cc1. The lowest BCUT2D eigenvalue weighted by molar-refractivity contribution is -0.129. The van der Waals surface area contributed by atoms with Crippen LogP contribution in [-0.2, 0) is 4.79 Å². The number of carbonyl (C=O) groups excluding carboxylic acids is 2. The van der Waals surface area contributed by atoms with Crippen molar-refractivity contribution in [2.24, 2.45) is 5.92 Å². The Morgan fingerprint density at radius 3 is 2.41 bits per heavy atom. The Kier molecular flexibility index (Phi) is 6.80. The number of ether oxygens (including phenoxy) is 1. The molecule has 2 aromatic carbocycles. The van der Waals surface area contributed by atoms with Gasteiger partial charge in [-0.1, -0.05) is 23.7 Å². The average molecular weight is 404 g/mol. The van der Waals surface area contributed by atoms with Crippen molar-refractivity contribution < 1.29 is 14.3 Å². The van der Waals surface area contributed by atoms with E-state index in [1.807, 2.05) is 29.2 Å². The van der Waals surface area contributed by atoms with Gasteiger partial charge in [-0.15, -0.1) is 11.8 Å². The van der Waals surface area contributed by atoms with Crippen LogP contribution in [0.5, 0.6) is 5.75 Å². The van der Waals surface area contributed by atoms with Crippen LogP contribution in [0.3, 0.4) is 0 Å². The van der Waals surface area contributed by atoms with Gasteiger partial charge in [0.1, 0.15) is 5.75 Å². The van der Waals surface area contributed by atoms with Gasteiger partial charge in [0.05, 0.1) is 17.9 Å². The van der Waals surface area contributed by atoms with Crippen molar-refractivity contribution in [3.8, 4) is 5.75 Å². The van der Waals surface area contributed by atoms with Crippen LogP contribution in [0.2, 0.25) is 5.02 Å². The molecule has 0 atom stereocenters. The van der Waals surface area contributed by atoms with E-state index < -0.39 is 0 Å². The van der Waals surface area contributed by atoms with E-state index in [1.165, 1.54) is 11.8 Å². The fourth-order valence-electron chi connectivity index (χ4n) is 3.17. The van der Waals surface area contributed by atoms with Crippen LogP contribution >= 0.6 is 23.4 Å². The van der Waals surface area contributed by atoms with Crippen LogP contribution < -0.4 is 4.74 Å². The molecular weight excluding hydrogens is 382 g/mol. The molecule has 27 heavy (non-hydrogen) atoms. The highest BCUT2D eigenvalue weighted by Crippen LogP contribution is 2.28. The van der Waals surface area contributed by atoms with E-state index in [0.717, 1.165) is 10.6 Å². The maximum absolute atomic E-state index is 12.7. The minimum Gasteiger partial charge on any atom is -0.497 e. The van der Waals surface area contributed by atoms with Crippen molar-refractivity contribution in [2.75, 3.05) is 26.0 Å². The van der Waals surface area contributed by atoms with E-state index in [1.54, 1.807) is 31.4 Å². The standard InChI is InChI=1S/C21H22ClNO3S/c1-26-17-8-6-15(7-9-17)21(25)16-10-12-23(13-11-16)20(24)14-27-19-5-3-2-4-18(19)22/h2-9,16H,10-14H2,1H3. The minimum atomic E-state index is -0.0290. The monoisotopic (exact) mass is 403 g/mol. The molecule has 1 heterocycles. The van der Waals surface area contributed by atoms with Crippen LogP contribution in [0.25, 0.3) is 0 Å². The molecule has 0 aliphatic carbocycles. The summed E-state index contributed by atoms with van der Waals surface area (Å²) in [4.78, 5) is 27.9. The molecule has 142 valence electrons. The fraction of sp³-hybridized carbons (Fsp3) is 0.333.